The Morgan fingerprint density at radius 1 is 1.12 bits per heavy atom. The minimum atomic E-state index is 0.471. The number of nitrogens with two attached hydrogens (primary N) is 1. The van der Waals surface area contributed by atoms with Crippen LogP contribution in [0.3, 0.4) is 0 Å². The molecule has 8 nitrogen and oxygen atoms in total. The molecule has 0 saturated carbocycles. The van der Waals surface area contributed by atoms with E-state index in [1.807, 2.05) is 24.3 Å². The number of anilines is 2. The minimum absolute atomic E-state index is 0.471. The smallest absolute Gasteiger partial charge is 0.256 e. The third kappa shape index (κ3) is 4.85. The molecule has 4 aromatic rings. The van der Waals surface area contributed by atoms with Crippen LogP contribution in [0.1, 0.15) is 38.2 Å². The summed E-state index contributed by atoms with van der Waals surface area (Å²) in [7, 11) is 0. The Morgan fingerprint density at radius 2 is 2.00 bits per heavy atom. The number of nitrogens with zero attached hydrogens (tertiary/aromatic N) is 6. The molecule has 0 spiro atoms. The van der Waals surface area contributed by atoms with Gasteiger partial charge in [0.25, 0.3) is 5.78 Å². The van der Waals surface area contributed by atoms with Crippen LogP contribution in [0, 0.1) is 0 Å². The fraction of sp³-hybridized carbons (Fsp3) is 0.400. The van der Waals surface area contributed by atoms with Crippen LogP contribution in [0.2, 0.25) is 0 Å². The van der Waals surface area contributed by atoms with Crippen molar-refractivity contribution in [2.75, 3.05) is 30.3 Å². The van der Waals surface area contributed by atoms with Crippen LogP contribution >= 0.6 is 0 Å². The molecule has 172 valence electrons. The minimum Gasteiger partial charge on any atom is -0.461 e. The van der Waals surface area contributed by atoms with Gasteiger partial charge in [-0.15, -0.1) is 5.10 Å². The van der Waals surface area contributed by atoms with Crippen molar-refractivity contribution in [2.24, 2.45) is 0 Å². The molecule has 1 aliphatic rings. The van der Waals surface area contributed by atoms with Gasteiger partial charge in [-0.3, -0.25) is 0 Å². The van der Waals surface area contributed by atoms with E-state index < -0.39 is 0 Å². The van der Waals surface area contributed by atoms with Crippen molar-refractivity contribution in [1.82, 2.24) is 24.5 Å². The molecule has 0 amide bonds. The standard InChI is InChI=1S/C25H31N7O/c1-19-9-5-6-13-30(19)14-8-15-31(18-20-10-3-2-4-11-20)23-17-22(26)32-25(27-23)28-24(29-32)21-12-7-16-33-21/h2-4,7,10-12,16-17,19H,5-6,8-9,13-15,18,26H2,1H3. The average Bonchev–Trinajstić information content (AvgIpc) is 3.50. The zero-order valence-electron chi connectivity index (χ0n) is 19.1. The number of hydrogen-bond acceptors (Lipinski definition) is 7. The second kappa shape index (κ2) is 9.62. The van der Waals surface area contributed by atoms with Crippen LogP contribution in [0.5, 0.6) is 0 Å². The molecule has 0 radical (unpaired) electrons. The number of rotatable bonds is 8. The van der Waals surface area contributed by atoms with Crippen molar-refractivity contribution in [2.45, 2.75) is 45.2 Å². The summed E-state index contributed by atoms with van der Waals surface area (Å²) in [5.41, 5.74) is 7.61. The van der Waals surface area contributed by atoms with Gasteiger partial charge in [0, 0.05) is 31.7 Å². The quantitative estimate of drug-likeness (QED) is 0.434. The number of benzene rings is 1. The van der Waals surface area contributed by atoms with Gasteiger partial charge in [-0.2, -0.15) is 14.5 Å². The van der Waals surface area contributed by atoms with E-state index in [1.165, 1.54) is 31.4 Å². The molecule has 1 atom stereocenters. The Morgan fingerprint density at radius 3 is 2.79 bits per heavy atom. The molecule has 1 aromatic carbocycles. The highest BCUT2D eigenvalue weighted by atomic mass is 16.3. The molecule has 1 saturated heterocycles. The van der Waals surface area contributed by atoms with Crippen LogP contribution < -0.4 is 10.6 Å². The molecule has 3 aromatic heterocycles. The van der Waals surface area contributed by atoms with Gasteiger partial charge in [0.2, 0.25) is 5.82 Å². The molecule has 0 aliphatic carbocycles. The first-order valence-corrected chi connectivity index (χ1v) is 11.8. The first-order chi connectivity index (χ1) is 16.2. The summed E-state index contributed by atoms with van der Waals surface area (Å²) in [6.07, 6.45) is 6.62. The van der Waals surface area contributed by atoms with Crippen molar-refractivity contribution in [3.8, 4) is 11.6 Å². The maximum absolute atomic E-state index is 6.37. The van der Waals surface area contributed by atoms with Gasteiger partial charge in [0.15, 0.2) is 5.76 Å². The third-order valence-corrected chi connectivity index (χ3v) is 6.42. The van der Waals surface area contributed by atoms with E-state index in [1.54, 1.807) is 10.8 Å². The van der Waals surface area contributed by atoms with Gasteiger partial charge < -0.3 is 20.0 Å². The molecular weight excluding hydrogens is 414 g/mol. The molecule has 8 heteroatoms. The van der Waals surface area contributed by atoms with Crippen LogP contribution in [-0.2, 0) is 6.54 Å². The van der Waals surface area contributed by atoms with Gasteiger partial charge in [-0.05, 0) is 50.4 Å². The molecule has 5 rings (SSSR count). The highest BCUT2D eigenvalue weighted by Gasteiger charge is 2.19. The summed E-state index contributed by atoms with van der Waals surface area (Å²) in [6.45, 7) is 6.29. The lowest BCUT2D eigenvalue weighted by Gasteiger charge is -2.34. The monoisotopic (exact) mass is 445 g/mol. The summed E-state index contributed by atoms with van der Waals surface area (Å²) in [5, 5.41) is 4.47. The van der Waals surface area contributed by atoms with Crippen LogP contribution in [0.25, 0.3) is 17.4 Å². The number of aromatic nitrogens is 4. The lowest BCUT2D eigenvalue weighted by Crippen LogP contribution is -2.39. The molecule has 1 fully saturated rings. The van der Waals surface area contributed by atoms with Crippen molar-refractivity contribution < 1.29 is 4.42 Å². The number of hydrogen-bond donors (Lipinski definition) is 1. The van der Waals surface area contributed by atoms with Crippen molar-refractivity contribution in [1.29, 1.82) is 0 Å². The summed E-state index contributed by atoms with van der Waals surface area (Å²) in [4.78, 5) is 14.3. The number of nitrogen functional groups attached to an aromatic ring is 1. The lowest BCUT2D eigenvalue weighted by atomic mass is 10.0. The normalized spacial score (nSPS) is 16.9. The molecular formula is C25H31N7O. The predicted octanol–water partition coefficient (Wildman–Crippen LogP) is 4.24. The maximum Gasteiger partial charge on any atom is 0.256 e. The Balaban J connectivity index is 1.39. The van der Waals surface area contributed by atoms with E-state index in [4.69, 9.17) is 15.1 Å². The van der Waals surface area contributed by atoms with E-state index in [0.717, 1.165) is 31.9 Å². The van der Waals surface area contributed by atoms with Gasteiger partial charge in [0.05, 0.1) is 6.26 Å². The molecule has 1 unspecified atom stereocenters. The van der Waals surface area contributed by atoms with E-state index in [9.17, 15) is 0 Å². The first-order valence-electron chi connectivity index (χ1n) is 11.8. The topological polar surface area (TPSA) is 88.7 Å². The fourth-order valence-corrected chi connectivity index (χ4v) is 4.58. The Hall–Kier alpha value is -3.39. The van der Waals surface area contributed by atoms with E-state index in [-0.39, 0.29) is 0 Å². The molecule has 0 bridgehead atoms. The summed E-state index contributed by atoms with van der Waals surface area (Å²) >= 11 is 0. The Labute approximate surface area is 194 Å². The average molecular weight is 446 g/mol. The molecule has 4 heterocycles. The predicted molar refractivity (Wildman–Crippen MR) is 130 cm³/mol. The maximum atomic E-state index is 6.37. The van der Waals surface area contributed by atoms with Gasteiger partial charge in [0.1, 0.15) is 11.6 Å². The fourth-order valence-electron chi connectivity index (χ4n) is 4.58. The van der Waals surface area contributed by atoms with Gasteiger partial charge in [-0.25, -0.2) is 0 Å². The third-order valence-electron chi connectivity index (χ3n) is 6.42. The van der Waals surface area contributed by atoms with Crippen molar-refractivity contribution >= 4 is 17.4 Å². The lowest BCUT2D eigenvalue weighted by molar-refractivity contribution is 0.159. The largest absolute Gasteiger partial charge is 0.461 e. The number of likely N-dealkylation sites (tertiary alicyclic amines) is 1. The van der Waals surface area contributed by atoms with Crippen LogP contribution in [-0.4, -0.2) is 50.2 Å². The number of fused-ring (bicyclic) bond motifs is 1. The van der Waals surface area contributed by atoms with Gasteiger partial charge >= 0.3 is 0 Å². The molecule has 2 N–H and O–H groups in total. The molecule has 33 heavy (non-hydrogen) atoms. The SMILES string of the molecule is CC1CCCCN1CCCN(Cc1ccccc1)c1cc(N)n2nc(-c3ccco3)nc2n1. The zero-order chi connectivity index (χ0) is 22.6. The van der Waals surface area contributed by atoms with Gasteiger partial charge in [-0.1, -0.05) is 36.8 Å². The van der Waals surface area contributed by atoms with Crippen molar-refractivity contribution in [3.63, 3.8) is 0 Å². The van der Waals surface area contributed by atoms with Crippen LogP contribution in [0.4, 0.5) is 11.6 Å². The summed E-state index contributed by atoms with van der Waals surface area (Å²) < 4.78 is 7.01. The summed E-state index contributed by atoms with van der Waals surface area (Å²) in [5.74, 6) is 2.86. The number of piperidine rings is 1. The Kier molecular flexibility index (Phi) is 6.26. The highest BCUT2D eigenvalue weighted by molar-refractivity contribution is 5.57. The van der Waals surface area contributed by atoms with E-state index >= 15 is 0 Å². The van der Waals surface area contributed by atoms with Crippen LogP contribution in [0.15, 0.2) is 59.2 Å². The molecule has 1 aliphatic heterocycles. The van der Waals surface area contributed by atoms with E-state index in [0.29, 0.717) is 29.2 Å². The van der Waals surface area contributed by atoms with E-state index in [2.05, 4.69) is 51.1 Å². The highest BCUT2D eigenvalue weighted by Crippen LogP contribution is 2.23. The second-order valence-electron chi connectivity index (χ2n) is 8.81. The van der Waals surface area contributed by atoms with Crippen molar-refractivity contribution in [3.05, 3.63) is 60.4 Å². The second-order valence-corrected chi connectivity index (χ2v) is 8.81. The zero-order valence-corrected chi connectivity index (χ0v) is 19.1. The number of furan rings is 1. The Bertz CT molecular complexity index is 1170. The first kappa shape index (κ1) is 21.5. The summed E-state index contributed by atoms with van der Waals surface area (Å²) in [6, 6.07) is 16.7.